The van der Waals surface area contributed by atoms with Crippen molar-refractivity contribution >= 4 is 27.8 Å². The molecule has 0 spiro atoms. The fourth-order valence-corrected chi connectivity index (χ4v) is 9.84. The molecule has 0 radical (unpaired) electrons. The van der Waals surface area contributed by atoms with Crippen LogP contribution in [0.1, 0.15) is 33.2 Å². The van der Waals surface area contributed by atoms with Crippen LogP contribution in [0.25, 0.3) is 66.4 Å². The van der Waals surface area contributed by atoms with E-state index in [4.69, 9.17) is 0 Å². The second-order valence-corrected chi connectivity index (χ2v) is 16.6. The van der Waals surface area contributed by atoms with Crippen LogP contribution in [0.4, 0.5) is 17.1 Å². The lowest BCUT2D eigenvalue weighted by Gasteiger charge is -2.35. The van der Waals surface area contributed by atoms with Crippen LogP contribution >= 0.6 is 0 Å². The molecule has 0 bridgehead atoms. The van der Waals surface area contributed by atoms with E-state index >= 15 is 0 Å². The molecule has 1 heteroatoms. The van der Waals surface area contributed by atoms with E-state index in [9.17, 15) is 11.0 Å². The third kappa shape index (κ3) is 6.73. The zero-order valence-corrected chi connectivity index (χ0v) is 35.8. The summed E-state index contributed by atoms with van der Waals surface area (Å²) in [5.74, 6) is 0. The minimum absolute atomic E-state index is 0.0937. The van der Waals surface area contributed by atoms with Gasteiger partial charge in [0.1, 0.15) is 0 Å². The van der Waals surface area contributed by atoms with Crippen molar-refractivity contribution in [3.63, 3.8) is 0 Å². The molecular weight excluding hydrogens is 795 g/mol. The van der Waals surface area contributed by atoms with Gasteiger partial charge in [0.25, 0.3) is 0 Å². The van der Waals surface area contributed by atoms with Crippen LogP contribution in [0.3, 0.4) is 0 Å². The van der Waals surface area contributed by atoms with Crippen LogP contribution in [0, 0.1) is 0 Å². The number of anilines is 3. The summed E-state index contributed by atoms with van der Waals surface area (Å²) in [6, 6.07) is 70.5. The van der Waals surface area contributed by atoms with E-state index in [1.807, 2.05) is 164 Å². The molecule has 1 nitrogen and oxygen atoms in total. The van der Waals surface area contributed by atoms with Gasteiger partial charge >= 0.3 is 0 Å². The summed E-state index contributed by atoms with van der Waals surface area (Å²) in [4.78, 5) is 1.42. The van der Waals surface area contributed by atoms with Crippen LogP contribution in [-0.2, 0) is 5.41 Å². The van der Waals surface area contributed by atoms with Gasteiger partial charge in [-0.05, 0) is 131 Å². The Morgan fingerprint density at radius 1 is 0.288 bits per heavy atom. The minimum atomic E-state index is -0.881. The van der Waals surface area contributed by atoms with E-state index in [0.29, 0.717) is 16.8 Å². The van der Waals surface area contributed by atoms with E-state index in [1.165, 1.54) is 4.90 Å². The summed E-state index contributed by atoms with van der Waals surface area (Å²) in [5.41, 5.74) is 9.78. The predicted octanol–water partition coefficient (Wildman–Crippen LogP) is 17.3. The summed E-state index contributed by atoms with van der Waals surface area (Å²) >= 11 is 0. The highest BCUT2D eigenvalue weighted by Crippen LogP contribution is 2.57. The van der Waals surface area contributed by atoms with Crippen LogP contribution in [0.2, 0.25) is 0 Å². The number of benzene rings is 11. The molecule has 0 amide bonds. The Morgan fingerprint density at radius 2 is 0.758 bits per heavy atom. The van der Waals surface area contributed by atoms with Crippen molar-refractivity contribution in [2.45, 2.75) is 5.41 Å². The summed E-state index contributed by atoms with van der Waals surface area (Å²) in [6.45, 7) is 0. The second-order valence-electron chi connectivity index (χ2n) is 16.6. The average molecular weight is 848 g/mol. The van der Waals surface area contributed by atoms with Crippen molar-refractivity contribution in [3.05, 3.63) is 295 Å². The van der Waals surface area contributed by atoms with Gasteiger partial charge in [0.2, 0.25) is 0 Å². The molecule has 0 saturated heterocycles. The Hall–Kier alpha value is -8.52. The van der Waals surface area contributed by atoms with Crippen molar-refractivity contribution in [2.24, 2.45) is 0 Å². The number of nitrogens with zero attached hydrogens (tertiary/aromatic N) is 1. The predicted molar refractivity (Wildman–Crippen MR) is 278 cm³/mol. The van der Waals surface area contributed by atoms with Gasteiger partial charge in [-0.15, -0.1) is 0 Å². The maximum absolute atomic E-state index is 9.95. The average Bonchev–Trinajstić information content (AvgIpc) is 3.76. The fourth-order valence-electron chi connectivity index (χ4n) is 9.84. The lowest BCUT2D eigenvalue weighted by Crippen LogP contribution is -2.28. The Balaban J connectivity index is 1.10. The molecule has 0 unspecified atom stereocenters. The van der Waals surface area contributed by atoms with Gasteiger partial charge in [-0.3, -0.25) is 0 Å². The van der Waals surface area contributed by atoms with Gasteiger partial charge in [0.05, 0.1) is 16.4 Å². The molecule has 1 aliphatic rings. The van der Waals surface area contributed by atoms with Crippen molar-refractivity contribution in [1.82, 2.24) is 0 Å². The lowest BCUT2D eigenvalue weighted by atomic mass is 9.67. The van der Waals surface area contributed by atoms with E-state index in [2.05, 4.69) is 42.5 Å². The third-order valence-electron chi connectivity index (χ3n) is 12.9. The zero-order chi connectivity index (χ0) is 50.8. The number of fused-ring (bicyclic) bond motifs is 4. The third-order valence-corrected chi connectivity index (χ3v) is 12.9. The number of hydrogen-bond acceptors (Lipinski definition) is 1. The standard InChI is InChI=1S/C65H45N/c1-4-16-46(17-5-1)47-30-32-48(33-31-47)49-34-38-56(39-35-49)66(57-40-36-50(37-41-57)52-20-14-21-53(44-52)60-28-15-19-51-18-10-11-26-59(51)60)58-42-43-62-61-27-12-13-29-63(61)65(64(62)45-58,54-22-6-2-7-23-54)55-24-8-3-9-25-55/h1-45H/i34D,35D,36D,37D,38D,39D,40D,41D. The first-order valence-corrected chi connectivity index (χ1v) is 22.2. The Labute approximate surface area is 398 Å². The van der Waals surface area contributed by atoms with Crippen molar-refractivity contribution in [3.8, 4) is 55.6 Å². The van der Waals surface area contributed by atoms with Crippen LogP contribution < -0.4 is 4.90 Å². The SMILES string of the molecule is [2H]c1c([2H])c(N(c2ccc3c(c2)C(c2ccccc2)(c2ccccc2)c2ccccc2-3)c2c([2H])c([2H])c(-c3cccc(-c4cccc5ccccc45)c3)c([2H])c2[2H])c([2H])c([2H])c1-c1ccc(-c2ccccc2)cc1. The highest BCUT2D eigenvalue weighted by molar-refractivity contribution is 5.97. The molecule has 11 aromatic carbocycles. The zero-order valence-electron chi connectivity index (χ0n) is 43.8. The monoisotopic (exact) mass is 847 g/mol. The first kappa shape index (κ1) is 31.3. The summed E-state index contributed by atoms with van der Waals surface area (Å²) in [5, 5.41) is 2.10. The highest BCUT2D eigenvalue weighted by Gasteiger charge is 2.46. The van der Waals surface area contributed by atoms with E-state index < -0.39 is 29.6 Å². The van der Waals surface area contributed by atoms with Gasteiger partial charge in [0, 0.05) is 17.1 Å². The first-order chi connectivity index (χ1) is 36.1. The number of hydrogen-bond donors (Lipinski definition) is 0. The van der Waals surface area contributed by atoms with Gasteiger partial charge in [-0.1, -0.05) is 230 Å². The number of rotatable bonds is 9. The summed E-state index contributed by atoms with van der Waals surface area (Å²) in [6.07, 6.45) is 0. The van der Waals surface area contributed by atoms with E-state index in [0.717, 1.165) is 66.4 Å². The quantitative estimate of drug-likeness (QED) is 0.140. The van der Waals surface area contributed by atoms with Crippen LogP contribution in [0.5, 0.6) is 0 Å². The summed E-state index contributed by atoms with van der Waals surface area (Å²) in [7, 11) is 0. The molecule has 0 saturated carbocycles. The molecule has 12 rings (SSSR count). The molecule has 1 aliphatic carbocycles. The topological polar surface area (TPSA) is 3.24 Å². The first-order valence-electron chi connectivity index (χ1n) is 26.2. The lowest BCUT2D eigenvalue weighted by molar-refractivity contribution is 0.768. The fraction of sp³-hybridized carbons (Fsp3) is 0.0154. The van der Waals surface area contributed by atoms with Gasteiger partial charge in [0.15, 0.2) is 0 Å². The van der Waals surface area contributed by atoms with Gasteiger partial charge in [-0.2, -0.15) is 0 Å². The molecule has 0 atom stereocenters. The Morgan fingerprint density at radius 3 is 1.44 bits per heavy atom. The van der Waals surface area contributed by atoms with Gasteiger partial charge < -0.3 is 4.90 Å². The highest BCUT2D eigenvalue weighted by atomic mass is 15.1. The van der Waals surface area contributed by atoms with E-state index in [-0.39, 0.29) is 46.7 Å². The molecule has 0 heterocycles. The largest absolute Gasteiger partial charge is 0.310 e. The molecule has 0 aromatic heterocycles. The second kappa shape index (κ2) is 16.6. The maximum atomic E-state index is 9.95. The minimum Gasteiger partial charge on any atom is -0.310 e. The smallest absolute Gasteiger partial charge is 0.0714 e. The normalized spacial score (nSPS) is 14.1. The van der Waals surface area contributed by atoms with Gasteiger partial charge in [-0.25, -0.2) is 0 Å². The molecule has 0 N–H and O–H groups in total. The molecule has 0 fully saturated rings. The molecule has 0 aliphatic heterocycles. The van der Waals surface area contributed by atoms with E-state index in [1.54, 1.807) is 18.2 Å². The summed E-state index contributed by atoms with van der Waals surface area (Å²) < 4.78 is 78.5. The molecule has 310 valence electrons. The van der Waals surface area contributed by atoms with Crippen molar-refractivity contribution in [1.29, 1.82) is 0 Å². The van der Waals surface area contributed by atoms with Crippen molar-refractivity contribution in [2.75, 3.05) is 4.90 Å². The van der Waals surface area contributed by atoms with Crippen LogP contribution in [0.15, 0.2) is 273 Å². The maximum Gasteiger partial charge on any atom is 0.0714 e. The van der Waals surface area contributed by atoms with Crippen molar-refractivity contribution < 1.29 is 11.0 Å². The Bertz CT molecular complexity index is 3890. The molecule has 11 aromatic rings. The Kier molecular flexibility index (Phi) is 7.86. The van der Waals surface area contributed by atoms with Crippen LogP contribution in [-0.4, -0.2) is 0 Å². The molecular formula is C65H45N. The molecule has 66 heavy (non-hydrogen) atoms.